The number of halogens is 2. The SMILES string of the molecule is [2H]C([2H])(c1ccco1)N(C(=O)OC(C)(C)C)c1nc(Cl)nn2cc(Br)c(C)c12. The van der Waals surface area contributed by atoms with E-state index in [0.29, 0.717) is 15.6 Å². The minimum Gasteiger partial charge on any atom is -0.467 e. The standard InChI is InChI=1S/C17H18BrClN4O3/c1-10-12(18)9-23-13(10)14(20-15(19)21-23)22(8-11-6-5-7-25-11)16(24)26-17(2,3)4/h5-7,9H,8H2,1-4H3/i8D2. The van der Waals surface area contributed by atoms with E-state index < -0.39 is 18.2 Å². The minimum absolute atomic E-state index is 0.0427. The third kappa shape index (κ3) is 3.86. The molecule has 0 bridgehead atoms. The quantitative estimate of drug-likeness (QED) is 0.570. The molecule has 0 unspecified atom stereocenters. The van der Waals surface area contributed by atoms with Crippen molar-refractivity contribution in [1.29, 1.82) is 0 Å². The Kier molecular flexibility index (Phi) is 4.30. The molecule has 138 valence electrons. The Morgan fingerprint density at radius 3 is 2.88 bits per heavy atom. The first-order chi connectivity index (χ1) is 12.9. The van der Waals surface area contributed by atoms with Crippen LogP contribution in [-0.4, -0.2) is 26.3 Å². The van der Waals surface area contributed by atoms with Crippen LogP contribution in [0.3, 0.4) is 0 Å². The highest BCUT2D eigenvalue weighted by molar-refractivity contribution is 9.10. The summed E-state index contributed by atoms with van der Waals surface area (Å²) in [6, 6.07) is 2.96. The van der Waals surface area contributed by atoms with E-state index in [1.807, 2.05) is 0 Å². The molecule has 0 fully saturated rings. The molecule has 0 aliphatic rings. The normalized spacial score (nSPS) is 13.5. The van der Waals surface area contributed by atoms with E-state index in [2.05, 4.69) is 26.0 Å². The van der Waals surface area contributed by atoms with E-state index in [9.17, 15) is 4.79 Å². The number of furan rings is 1. The molecular formula is C17H18BrClN4O3. The number of anilines is 1. The van der Waals surface area contributed by atoms with E-state index in [-0.39, 0.29) is 16.9 Å². The van der Waals surface area contributed by atoms with E-state index in [4.69, 9.17) is 23.5 Å². The highest BCUT2D eigenvalue weighted by Gasteiger charge is 2.28. The molecule has 0 saturated heterocycles. The summed E-state index contributed by atoms with van der Waals surface area (Å²) in [5.74, 6) is -0.131. The van der Waals surface area contributed by atoms with Crippen molar-refractivity contribution < 1.29 is 16.7 Å². The van der Waals surface area contributed by atoms with Gasteiger partial charge in [-0.2, -0.15) is 4.98 Å². The van der Waals surface area contributed by atoms with E-state index in [0.717, 1.165) is 4.90 Å². The third-order valence-corrected chi connectivity index (χ3v) is 4.27. The van der Waals surface area contributed by atoms with Crippen LogP contribution in [0.5, 0.6) is 0 Å². The Hall–Kier alpha value is -2.06. The number of nitrogens with zero attached hydrogens (tertiary/aromatic N) is 4. The number of rotatable bonds is 3. The zero-order chi connectivity index (χ0) is 20.9. The number of carbonyl (C=O) groups excluding carboxylic acids is 1. The molecule has 0 saturated carbocycles. The Bertz CT molecular complexity index is 1030. The molecule has 0 spiro atoms. The summed E-state index contributed by atoms with van der Waals surface area (Å²) in [6.45, 7) is 4.44. The van der Waals surface area contributed by atoms with Gasteiger partial charge in [0.05, 0.1) is 15.5 Å². The molecule has 3 rings (SSSR count). The van der Waals surface area contributed by atoms with Crippen molar-refractivity contribution >= 4 is 45.0 Å². The molecule has 0 atom stereocenters. The zero-order valence-electron chi connectivity index (χ0n) is 16.6. The maximum absolute atomic E-state index is 13.1. The average Bonchev–Trinajstić information content (AvgIpc) is 3.15. The number of hydrogen-bond acceptors (Lipinski definition) is 5. The third-order valence-electron chi connectivity index (χ3n) is 3.31. The maximum atomic E-state index is 13.1. The van der Waals surface area contributed by atoms with Gasteiger partial charge in [-0.15, -0.1) is 5.10 Å². The van der Waals surface area contributed by atoms with Crippen LogP contribution < -0.4 is 4.90 Å². The number of aromatic nitrogens is 3. The summed E-state index contributed by atoms with van der Waals surface area (Å²) in [4.78, 5) is 18.0. The van der Waals surface area contributed by atoms with E-state index in [1.54, 1.807) is 33.9 Å². The molecule has 0 aliphatic carbocycles. The van der Waals surface area contributed by atoms with Gasteiger partial charge in [0.2, 0.25) is 5.28 Å². The fourth-order valence-electron chi connectivity index (χ4n) is 2.26. The Morgan fingerprint density at radius 1 is 1.54 bits per heavy atom. The van der Waals surface area contributed by atoms with Crippen LogP contribution in [0.4, 0.5) is 10.6 Å². The summed E-state index contributed by atoms with van der Waals surface area (Å²) < 4.78 is 30.1. The van der Waals surface area contributed by atoms with Gasteiger partial charge in [-0.25, -0.2) is 9.31 Å². The summed E-state index contributed by atoms with van der Waals surface area (Å²) in [5.41, 5.74) is 0.243. The van der Waals surface area contributed by atoms with Crippen molar-refractivity contribution in [3.63, 3.8) is 0 Å². The first kappa shape index (κ1) is 16.1. The van der Waals surface area contributed by atoms with Crippen LogP contribution in [0.15, 0.2) is 33.5 Å². The van der Waals surface area contributed by atoms with Crippen LogP contribution in [0.1, 0.15) is 34.8 Å². The van der Waals surface area contributed by atoms with Gasteiger partial charge in [0, 0.05) is 10.7 Å². The van der Waals surface area contributed by atoms with Gasteiger partial charge in [0.1, 0.15) is 16.9 Å². The van der Waals surface area contributed by atoms with Crippen molar-refractivity contribution in [3.05, 3.63) is 45.7 Å². The maximum Gasteiger partial charge on any atom is 0.416 e. The fraction of sp³-hybridized carbons (Fsp3) is 0.353. The second-order valence-corrected chi connectivity index (χ2v) is 7.70. The van der Waals surface area contributed by atoms with Crippen molar-refractivity contribution in [3.8, 4) is 0 Å². The highest BCUT2D eigenvalue weighted by Crippen LogP contribution is 2.31. The van der Waals surface area contributed by atoms with Gasteiger partial charge in [-0.1, -0.05) is 0 Å². The lowest BCUT2D eigenvalue weighted by Gasteiger charge is -2.26. The fourth-order valence-corrected chi connectivity index (χ4v) is 2.80. The summed E-state index contributed by atoms with van der Waals surface area (Å²) in [7, 11) is 0. The minimum atomic E-state index is -2.41. The van der Waals surface area contributed by atoms with Crippen molar-refractivity contribution in [1.82, 2.24) is 14.6 Å². The number of carbonyl (C=O) groups is 1. The molecule has 0 aromatic carbocycles. The zero-order valence-corrected chi connectivity index (χ0v) is 16.9. The molecular weight excluding hydrogens is 424 g/mol. The van der Waals surface area contributed by atoms with Crippen LogP contribution >= 0.6 is 27.5 Å². The first-order valence-electron chi connectivity index (χ1n) is 8.70. The van der Waals surface area contributed by atoms with Gasteiger partial charge in [0.25, 0.3) is 0 Å². The lowest BCUT2D eigenvalue weighted by molar-refractivity contribution is 0.0574. The monoisotopic (exact) mass is 442 g/mol. The van der Waals surface area contributed by atoms with Crippen LogP contribution in [0.2, 0.25) is 5.28 Å². The highest BCUT2D eigenvalue weighted by atomic mass is 79.9. The number of fused-ring (bicyclic) bond motifs is 1. The predicted molar refractivity (Wildman–Crippen MR) is 102 cm³/mol. The molecule has 3 aromatic heterocycles. The molecule has 3 aromatic rings. The van der Waals surface area contributed by atoms with Gasteiger partial charge >= 0.3 is 6.09 Å². The molecule has 3 heterocycles. The molecule has 9 heteroatoms. The Balaban J connectivity index is 2.29. The lowest BCUT2D eigenvalue weighted by Crippen LogP contribution is -2.37. The molecule has 26 heavy (non-hydrogen) atoms. The summed E-state index contributed by atoms with van der Waals surface area (Å²) in [5, 5.41) is 3.94. The van der Waals surface area contributed by atoms with Crippen molar-refractivity contribution in [2.45, 2.75) is 39.8 Å². The van der Waals surface area contributed by atoms with Gasteiger partial charge in [0.15, 0.2) is 5.82 Å². The number of aryl methyl sites for hydroxylation is 1. The Labute approximate surface area is 166 Å². The number of ether oxygens (including phenoxy) is 1. The Morgan fingerprint density at radius 2 is 2.27 bits per heavy atom. The molecule has 1 amide bonds. The molecule has 7 nitrogen and oxygen atoms in total. The molecule has 0 aliphatic heterocycles. The lowest BCUT2D eigenvalue weighted by atomic mass is 10.2. The van der Waals surface area contributed by atoms with Crippen LogP contribution in [0.25, 0.3) is 5.52 Å². The second-order valence-electron chi connectivity index (χ2n) is 6.50. The van der Waals surface area contributed by atoms with Gasteiger partial charge in [-0.3, -0.25) is 4.90 Å². The number of amides is 1. The second kappa shape index (κ2) is 6.92. The van der Waals surface area contributed by atoms with Crippen molar-refractivity contribution in [2.75, 3.05) is 4.90 Å². The van der Waals surface area contributed by atoms with Crippen LogP contribution in [0, 0.1) is 6.92 Å². The topological polar surface area (TPSA) is 72.9 Å². The van der Waals surface area contributed by atoms with Crippen LogP contribution in [-0.2, 0) is 11.2 Å². The summed E-state index contributed by atoms with van der Waals surface area (Å²) in [6.07, 6.45) is 2.03. The van der Waals surface area contributed by atoms with E-state index >= 15 is 0 Å². The summed E-state index contributed by atoms with van der Waals surface area (Å²) >= 11 is 9.47. The van der Waals surface area contributed by atoms with Crippen molar-refractivity contribution in [2.24, 2.45) is 0 Å². The predicted octanol–water partition coefficient (Wildman–Crippen LogP) is 4.99. The number of hydrogen-bond donors (Lipinski definition) is 0. The first-order valence-corrected chi connectivity index (χ1v) is 8.87. The average molecular weight is 444 g/mol. The smallest absolute Gasteiger partial charge is 0.416 e. The van der Waals surface area contributed by atoms with Gasteiger partial charge in [-0.05, 0) is 72.9 Å². The largest absolute Gasteiger partial charge is 0.467 e. The molecule has 0 N–H and O–H groups in total. The van der Waals surface area contributed by atoms with E-state index in [1.165, 1.54) is 22.9 Å². The van der Waals surface area contributed by atoms with Gasteiger partial charge < -0.3 is 9.15 Å². The molecule has 0 radical (unpaired) electrons.